The lowest BCUT2D eigenvalue weighted by atomic mass is 10.1. The van der Waals surface area contributed by atoms with E-state index in [9.17, 15) is 14.4 Å². The molecule has 0 bridgehead atoms. The van der Waals surface area contributed by atoms with Crippen molar-refractivity contribution in [2.24, 2.45) is 5.73 Å². The predicted octanol–water partition coefficient (Wildman–Crippen LogP) is 3.95. The number of hydrogen-bond donors (Lipinski definition) is 3. The first kappa shape index (κ1) is 23.7. The van der Waals surface area contributed by atoms with E-state index in [-0.39, 0.29) is 18.0 Å². The Morgan fingerprint density at radius 2 is 1.86 bits per heavy atom. The lowest BCUT2D eigenvalue weighted by Gasteiger charge is -2.32. The molecule has 1 aliphatic rings. The number of nitrogens with zero attached hydrogens (tertiary/aromatic N) is 3. The molecule has 0 saturated carbocycles. The van der Waals surface area contributed by atoms with Crippen LogP contribution in [0.4, 0.5) is 16.2 Å². The summed E-state index contributed by atoms with van der Waals surface area (Å²) in [5.41, 5.74) is 9.42. The van der Waals surface area contributed by atoms with Gasteiger partial charge in [-0.1, -0.05) is 30.8 Å². The Bertz CT molecular complexity index is 1260. The number of urea groups is 1. The van der Waals surface area contributed by atoms with Crippen LogP contribution < -0.4 is 16.4 Å². The molecule has 35 heavy (non-hydrogen) atoms. The standard InChI is InChI=1S/C26H28N6O3/c1-3-23(33)31-13-5-8-21(15-31)32-16-22(25(27)34)24(30-32)18-9-11-19(12-10-18)28-26(35)29-20-7-4-6-17(2)14-20/h3-4,6-7,9-12,14,16,21H,1,5,8,13,15H2,2H3,(H2,27,34)(H2,28,29,35)/t21-/m1/s1. The Balaban J connectivity index is 1.50. The number of anilines is 2. The van der Waals surface area contributed by atoms with Crippen molar-refractivity contribution in [1.82, 2.24) is 14.7 Å². The van der Waals surface area contributed by atoms with Crippen molar-refractivity contribution < 1.29 is 14.4 Å². The SMILES string of the molecule is C=CC(=O)N1CCC[C@@H](n2cc(C(N)=O)c(-c3ccc(NC(=O)Nc4cccc(C)c4)cc3)n2)C1. The summed E-state index contributed by atoms with van der Waals surface area (Å²) in [7, 11) is 0. The topological polar surface area (TPSA) is 122 Å². The molecule has 4 rings (SSSR count). The molecule has 1 saturated heterocycles. The zero-order chi connectivity index (χ0) is 24.9. The predicted molar refractivity (Wildman–Crippen MR) is 135 cm³/mol. The van der Waals surface area contributed by atoms with E-state index in [4.69, 9.17) is 5.73 Å². The molecule has 0 unspecified atom stereocenters. The van der Waals surface area contributed by atoms with Crippen molar-refractivity contribution >= 4 is 29.2 Å². The van der Waals surface area contributed by atoms with E-state index < -0.39 is 5.91 Å². The summed E-state index contributed by atoms with van der Waals surface area (Å²) in [5.74, 6) is -0.701. The molecule has 4 N–H and O–H groups in total. The Hall–Kier alpha value is -4.40. The molecule has 2 heterocycles. The number of rotatable bonds is 6. The van der Waals surface area contributed by atoms with Gasteiger partial charge in [-0.25, -0.2) is 4.79 Å². The maximum Gasteiger partial charge on any atom is 0.323 e. The van der Waals surface area contributed by atoms with Gasteiger partial charge >= 0.3 is 6.03 Å². The molecule has 2 aromatic carbocycles. The maximum atomic E-state index is 12.3. The first-order valence-electron chi connectivity index (χ1n) is 11.4. The summed E-state index contributed by atoms with van der Waals surface area (Å²) in [6, 6.07) is 14.1. The molecule has 0 aliphatic carbocycles. The number of likely N-dealkylation sites (tertiary alicyclic amines) is 1. The van der Waals surface area contributed by atoms with Gasteiger partial charge in [0.05, 0.1) is 11.6 Å². The van der Waals surface area contributed by atoms with Gasteiger partial charge in [0.15, 0.2) is 0 Å². The van der Waals surface area contributed by atoms with Crippen LogP contribution in [0.3, 0.4) is 0 Å². The Morgan fingerprint density at radius 3 is 2.54 bits per heavy atom. The largest absolute Gasteiger partial charge is 0.365 e. The van der Waals surface area contributed by atoms with Gasteiger partial charge < -0.3 is 21.3 Å². The summed E-state index contributed by atoms with van der Waals surface area (Å²) in [6.07, 6.45) is 4.61. The highest BCUT2D eigenvalue weighted by Gasteiger charge is 2.26. The smallest absolute Gasteiger partial charge is 0.323 e. The van der Waals surface area contributed by atoms with Crippen molar-refractivity contribution in [3.63, 3.8) is 0 Å². The molecule has 1 aliphatic heterocycles. The first-order chi connectivity index (χ1) is 16.8. The molecule has 1 aromatic heterocycles. The number of benzene rings is 2. The fraction of sp³-hybridized carbons (Fsp3) is 0.231. The minimum atomic E-state index is -0.583. The minimum absolute atomic E-state index is 0.0641. The first-order valence-corrected chi connectivity index (χ1v) is 11.4. The monoisotopic (exact) mass is 472 g/mol. The third kappa shape index (κ3) is 5.57. The minimum Gasteiger partial charge on any atom is -0.365 e. The molecule has 0 radical (unpaired) electrons. The van der Waals surface area contributed by atoms with Crippen molar-refractivity contribution in [3.8, 4) is 11.3 Å². The molecule has 1 atom stereocenters. The molecule has 9 nitrogen and oxygen atoms in total. The number of hydrogen-bond acceptors (Lipinski definition) is 4. The number of aryl methyl sites for hydroxylation is 1. The third-order valence-corrected chi connectivity index (χ3v) is 5.95. The highest BCUT2D eigenvalue weighted by molar-refractivity contribution is 6.00. The van der Waals surface area contributed by atoms with E-state index in [1.807, 2.05) is 31.2 Å². The molecular weight excluding hydrogens is 444 g/mol. The summed E-state index contributed by atoms with van der Waals surface area (Å²) in [4.78, 5) is 38.3. The van der Waals surface area contributed by atoms with Crippen LogP contribution in [0.1, 0.15) is 34.8 Å². The van der Waals surface area contributed by atoms with Crippen LogP contribution in [0.5, 0.6) is 0 Å². The Kier molecular flexibility index (Phi) is 6.96. The summed E-state index contributed by atoms with van der Waals surface area (Å²) < 4.78 is 1.72. The number of carbonyl (C=O) groups excluding carboxylic acids is 3. The van der Waals surface area contributed by atoms with Crippen LogP contribution in [-0.2, 0) is 4.79 Å². The van der Waals surface area contributed by atoms with Crippen molar-refractivity contribution in [1.29, 1.82) is 0 Å². The van der Waals surface area contributed by atoms with Gasteiger partial charge in [0.1, 0.15) is 5.69 Å². The fourth-order valence-electron chi connectivity index (χ4n) is 4.20. The third-order valence-electron chi connectivity index (χ3n) is 5.95. The van der Waals surface area contributed by atoms with Crippen molar-refractivity contribution in [3.05, 3.63) is 78.5 Å². The van der Waals surface area contributed by atoms with Crippen molar-refractivity contribution in [2.75, 3.05) is 23.7 Å². The number of aromatic nitrogens is 2. The normalized spacial score (nSPS) is 15.3. The van der Waals surface area contributed by atoms with Crippen LogP contribution in [0.15, 0.2) is 67.4 Å². The van der Waals surface area contributed by atoms with E-state index in [1.165, 1.54) is 6.08 Å². The molecule has 3 aromatic rings. The van der Waals surface area contributed by atoms with Gasteiger partial charge in [-0.3, -0.25) is 14.3 Å². The quantitative estimate of drug-likeness (QED) is 0.470. The number of carbonyl (C=O) groups is 3. The van der Waals surface area contributed by atoms with Gasteiger partial charge in [0.25, 0.3) is 5.91 Å². The number of amides is 4. The Morgan fingerprint density at radius 1 is 1.11 bits per heavy atom. The number of nitrogens with two attached hydrogens (primary N) is 1. The molecule has 1 fully saturated rings. The van der Waals surface area contributed by atoms with Crippen LogP contribution >= 0.6 is 0 Å². The van der Waals surface area contributed by atoms with E-state index in [2.05, 4.69) is 22.3 Å². The second kappa shape index (κ2) is 10.3. The zero-order valence-electron chi connectivity index (χ0n) is 19.5. The number of piperidine rings is 1. The summed E-state index contributed by atoms with van der Waals surface area (Å²) >= 11 is 0. The second-order valence-electron chi connectivity index (χ2n) is 8.55. The highest BCUT2D eigenvalue weighted by Crippen LogP contribution is 2.28. The van der Waals surface area contributed by atoms with Crippen LogP contribution in [0, 0.1) is 6.92 Å². The summed E-state index contributed by atoms with van der Waals surface area (Å²) in [6.45, 7) is 6.67. The highest BCUT2D eigenvalue weighted by atomic mass is 16.2. The average Bonchev–Trinajstić information content (AvgIpc) is 3.30. The van der Waals surface area contributed by atoms with E-state index in [0.717, 1.165) is 18.4 Å². The van der Waals surface area contributed by atoms with Gasteiger partial charge in [0.2, 0.25) is 5.91 Å². The van der Waals surface area contributed by atoms with E-state index in [1.54, 1.807) is 40.0 Å². The van der Waals surface area contributed by atoms with Crippen LogP contribution in [0.2, 0.25) is 0 Å². The molecule has 4 amide bonds. The maximum absolute atomic E-state index is 12.3. The van der Waals surface area contributed by atoms with Gasteiger partial charge in [-0.15, -0.1) is 0 Å². The Labute approximate surface area is 203 Å². The van der Waals surface area contributed by atoms with Crippen LogP contribution in [-0.4, -0.2) is 45.6 Å². The molecule has 180 valence electrons. The fourth-order valence-corrected chi connectivity index (χ4v) is 4.20. The van der Waals surface area contributed by atoms with Crippen LogP contribution in [0.25, 0.3) is 11.3 Å². The van der Waals surface area contributed by atoms with Gasteiger partial charge in [-0.05, 0) is 55.7 Å². The number of nitrogens with one attached hydrogen (secondary N) is 2. The zero-order valence-corrected chi connectivity index (χ0v) is 19.5. The average molecular weight is 473 g/mol. The lowest BCUT2D eigenvalue weighted by molar-refractivity contribution is -0.127. The van der Waals surface area contributed by atoms with Gasteiger partial charge in [-0.2, -0.15) is 5.10 Å². The lowest BCUT2D eigenvalue weighted by Crippen LogP contribution is -2.40. The molecule has 9 heteroatoms. The second-order valence-corrected chi connectivity index (χ2v) is 8.55. The van der Waals surface area contributed by atoms with Crippen molar-refractivity contribution in [2.45, 2.75) is 25.8 Å². The van der Waals surface area contributed by atoms with E-state index in [0.29, 0.717) is 41.3 Å². The molecule has 0 spiro atoms. The summed E-state index contributed by atoms with van der Waals surface area (Å²) in [5, 5.41) is 10.2. The van der Waals surface area contributed by atoms with E-state index >= 15 is 0 Å². The molecular formula is C26H28N6O3. The van der Waals surface area contributed by atoms with Gasteiger partial charge in [0, 0.05) is 36.2 Å². The number of primary amides is 1.